The van der Waals surface area contributed by atoms with Gasteiger partial charge in [-0.05, 0) is 75.3 Å². The average Bonchev–Trinajstić information content (AvgIpc) is 3.09. The second-order valence-electron chi connectivity index (χ2n) is 12.1. The lowest BCUT2D eigenvalue weighted by molar-refractivity contribution is -0.143. The molecular weight excluding hydrogens is 578 g/mol. The molecule has 0 spiro atoms. The van der Waals surface area contributed by atoms with E-state index in [0.717, 1.165) is 51.7 Å². The maximum Gasteiger partial charge on any atom is 0.331 e. The minimum Gasteiger partial charge on any atom is -0.466 e. The van der Waals surface area contributed by atoms with Crippen LogP contribution in [-0.2, 0) is 27.4 Å². The third-order valence-electron chi connectivity index (χ3n) is 8.87. The topological polar surface area (TPSA) is 82.8 Å². The van der Waals surface area contributed by atoms with Gasteiger partial charge >= 0.3 is 11.7 Å². The molecule has 8 nitrogen and oxygen atoms in total. The van der Waals surface area contributed by atoms with Crippen molar-refractivity contribution in [1.82, 2.24) is 14.0 Å². The Balaban J connectivity index is 1.12. The first-order valence-corrected chi connectivity index (χ1v) is 16.9. The minimum absolute atomic E-state index is 0.0695. The number of carbonyl (C=O) groups excluding carboxylic acids is 1. The van der Waals surface area contributed by atoms with E-state index >= 15 is 0 Å². The van der Waals surface area contributed by atoms with Gasteiger partial charge in [0.25, 0.3) is 5.56 Å². The Morgan fingerprint density at radius 2 is 1.33 bits per heavy atom. The zero-order chi connectivity index (χ0) is 32.1. The summed E-state index contributed by atoms with van der Waals surface area (Å²) in [5, 5.41) is 0.569. The van der Waals surface area contributed by atoms with Crippen molar-refractivity contribution in [2.75, 3.05) is 26.2 Å². The molecule has 0 amide bonds. The van der Waals surface area contributed by atoms with Crippen molar-refractivity contribution in [1.29, 1.82) is 0 Å². The standard InChI is InChI=1S/C38H47N3O5/c1-2-45-35(42)22-10-5-13-27-41-37(43)33-20-11-12-21-34(33)40(38(41)44)26-15-14-25-39-28-23-32(24-29-39)46-36(30-16-6-3-7-17-30)31-18-8-4-9-19-31/h3-4,6-9,11-12,16-21,32,36H,2,5,10,13-15,22-29H2,1H3. The number of hydrogen-bond donors (Lipinski definition) is 0. The Morgan fingerprint density at radius 3 is 2.00 bits per heavy atom. The van der Waals surface area contributed by atoms with E-state index in [-0.39, 0.29) is 29.4 Å². The molecule has 0 unspecified atom stereocenters. The van der Waals surface area contributed by atoms with E-state index in [2.05, 4.69) is 53.4 Å². The number of nitrogens with zero attached hydrogens (tertiary/aromatic N) is 3. The first-order chi connectivity index (χ1) is 22.5. The molecular formula is C38H47N3O5. The molecule has 0 aliphatic carbocycles. The van der Waals surface area contributed by atoms with Crippen LogP contribution in [0.1, 0.15) is 75.5 Å². The maximum atomic E-state index is 13.5. The van der Waals surface area contributed by atoms with Crippen molar-refractivity contribution in [3.8, 4) is 0 Å². The molecule has 3 aromatic carbocycles. The Morgan fingerprint density at radius 1 is 0.739 bits per heavy atom. The predicted molar refractivity (Wildman–Crippen MR) is 182 cm³/mol. The van der Waals surface area contributed by atoms with Crippen LogP contribution in [0.2, 0.25) is 0 Å². The highest BCUT2D eigenvalue weighted by Crippen LogP contribution is 2.30. The number of hydrogen-bond acceptors (Lipinski definition) is 6. The van der Waals surface area contributed by atoms with Crippen LogP contribution in [0.25, 0.3) is 10.9 Å². The first-order valence-electron chi connectivity index (χ1n) is 16.9. The SMILES string of the molecule is CCOC(=O)CCCCCn1c(=O)c2ccccc2n(CCCCN2CCC(OC(c3ccccc3)c3ccccc3)CC2)c1=O. The smallest absolute Gasteiger partial charge is 0.331 e. The molecule has 5 rings (SSSR count). The lowest BCUT2D eigenvalue weighted by Crippen LogP contribution is -2.40. The largest absolute Gasteiger partial charge is 0.466 e. The summed E-state index contributed by atoms with van der Waals surface area (Å²) in [6.45, 7) is 6.04. The molecule has 0 saturated carbocycles. The average molecular weight is 626 g/mol. The number of unbranched alkanes of at least 4 members (excludes halogenated alkanes) is 3. The van der Waals surface area contributed by atoms with Crippen molar-refractivity contribution < 1.29 is 14.3 Å². The molecule has 0 radical (unpaired) electrons. The van der Waals surface area contributed by atoms with Gasteiger partial charge in [0.15, 0.2) is 0 Å². The number of benzene rings is 3. The lowest BCUT2D eigenvalue weighted by atomic mass is 10.00. The number of para-hydroxylation sites is 1. The van der Waals surface area contributed by atoms with Crippen LogP contribution in [0.3, 0.4) is 0 Å². The van der Waals surface area contributed by atoms with Gasteiger partial charge in [-0.15, -0.1) is 0 Å². The normalized spacial score (nSPS) is 14.2. The van der Waals surface area contributed by atoms with Gasteiger partial charge in [0.1, 0.15) is 6.10 Å². The third kappa shape index (κ3) is 8.83. The highest BCUT2D eigenvalue weighted by atomic mass is 16.5. The van der Waals surface area contributed by atoms with Crippen LogP contribution in [0.4, 0.5) is 0 Å². The van der Waals surface area contributed by atoms with Gasteiger partial charge in [-0.2, -0.15) is 0 Å². The van der Waals surface area contributed by atoms with Crippen LogP contribution in [0.15, 0.2) is 94.5 Å². The molecule has 8 heteroatoms. The van der Waals surface area contributed by atoms with Gasteiger partial charge in [-0.25, -0.2) is 4.79 Å². The van der Waals surface area contributed by atoms with Crippen LogP contribution in [0, 0.1) is 0 Å². The van der Waals surface area contributed by atoms with E-state index in [1.54, 1.807) is 17.6 Å². The number of ether oxygens (including phenoxy) is 2. The quantitative estimate of drug-likeness (QED) is 0.107. The number of carbonyl (C=O) groups is 1. The molecule has 1 fully saturated rings. The molecule has 1 aromatic heterocycles. The lowest BCUT2D eigenvalue weighted by Gasteiger charge is -2.34. The summed E-state index contributed by atoms with van der Waals surface area (Å²) < 4.78 is 14.8. The summed E-state index contributed by atoms with van der Waals surface area (Å²) in [5.74, 6) is -0.204. The summed E-state index contributed by atoms with van der Waals surface area (Å²) in [5.41, 5.74) is 2.56. The Bertz CT molecular complexity index is 1600. The van der Waals surface area contributed by atoms with Crippen molar-refractivity contribution in [3.05, 3.63) is 117 Å². The van der Waals surface area contributed by atoms with Crippen LogP contribution in [-0.4, -0.2) is 52.3 Å². The highest BCUT2D eigenvalue weighted by Gasteiger charge is 2.24. The van der Waals surface area contributed by atoms with Crippen LogP contribution >= 0.6 is 0 Å². The zero-order valence-electron chi connectivity index (χ0n) is 27.0. The Hall–Kier alpha value is -4.01. The van der Waals surface area contributed by atoms with E-state index in [9.17, 15) is 14.4 Å². The molecule has 46 heavy (non-hydrogen) atoms. The molecule has 1 saturated heterocycles. The summed E-state index contributed by atoms with van der Waals surface area (Å²) in [6, 6.07) is 28.3. The molecule has 0 atom stereocenters. The zero-order valence-corrected chi connectivity index (χ0v) is 27.0. The number of rotatable bonds is 16. The minimum atomic E-state index is -0.251. The van der Waals surface area contributed by atoms with Gasteiger partial charge in [-0.1, -0.05) is 79.2 Å². The van der Waals surface area contributed by atoms with Gasteiger partial charge in [0.05, 0.1) is 23.6 Å². The summed E-state index contributed by atoms with van der Waals surface area (Å²) >= 11 is 0. The van der Waals surface area contributed by atoms with Crippen molar-refractivity contribution in [2.45, 2.75) is 83.6 Å². The Kier molecular flexibility index (Phi) is 12.4. The molecule has 4 aromatic rings. The maximum absolute atomic E-state index is 13.5. The summed E-state index contributed by atoms with van der Waals surface area (Å²) in [4.78, 5) is 40.8. The molecule has 2 heterocycles. The van der Waals surface area contributed by atoms with Crippen molar-refractivity contribution >= 4 is 16.9 Å². The van der Waals surface area contributed by atoms with Crippen molar-refractivity contribution in [3.63, 3.8) is 0 Å². The highest BCUT2D eigenvalue weighted by molar-refractivity contribution is 5.77. The molecule has 1 aliphatic heterocycles. The van der Waals surface area contributed by atoms with Crippen LogP contribution < -0.4 is 11.2 Å². The van der Waals surface area contributed by atoms with Crippen molar-refractivity contribution in [2.24, 2.45) is 0 Å². The van der Waals surface area contributed by atoms with Crippen LogP contribution in [0.5, 0.6) is 0 Å². The predicted octanol–water partition coefficient (Wildman–Crippen LogP) is 6.34. The fourth-order valence-corrected chi connectivity index (χ4v) is 6.41. The van der Waals surface area contributed by atoms with Gasteiger partial charge in [0.2, 0.25) is 0 Å². The molecule has 0 N–H and O–H groups in total. The Labute approximate surface area is 271 Å². The van der Waals surface area contributed by atoms with E-state index in [4.69, 9.17) is 9.47 Å². The number of piperidine rings is 1. The molecule has 244 valence electrons. The van der Waals surface area contributed by atoms with Gasteiger partial charge in [-0.3, -0.25) is 18.7 Å². The fourth-order valence-electron chi connectivity index (χ4n) is 6.41. The number of aryl methyl sites for hydroxylation is 1. The fraction of sp³-hybridized carbons (Fsp3) is 0.447. The summed E-state index contributed by atoms with van der Waals surface area (Å²) in [7, 11) is 0. The first kappa shape index (κ1) is 33.4. The number of likely N-dealkylation sites (tertiary alicyclic amines) is 1. The number of aromatic nitrogens is 2. The van der Waals surface area contributed by atoms with E-state index in [1.807, 2.05) is 30.3 Å². The van der Waals surface area contributed by atoms with E-state index < -0.39 is 0 Å². The second-order valence-corrected chi connectivity index (χ2v) is 12.1. The van der Waals surface area contributed by atoms with Gasteiger partial charge in [0, 0.05) is 32.6 Å². The molecule has 0 bridgehead atoms. The number of esters is 1. The second kappa shape index (κ2) is 17.1. The monoisotopic (exact) mass is 625 g/mol. The number of fused-ring (bicyclic) bond motifs is 1. The van der Waals surface area contributed by atoms with E-state index in [1.165, 1.54) is 15.7 Å². The third-order valence-corrected chi connectivity index (χ3v) is 8.87. The summed E-state index contributed by atoms with van der Waals surface area (Å²) in [6.07, 6.45) is 6.38. The van der Waals surface area contributed by atoms with E-state index in [0.29, 0.717) is 49.9 Å². The van der Waals surface area contributed by atoms with Gasteiger partial charge < -0.3 is 14.4 Å². The molecule has 1 aliphatic rings.